The molecule has 0 aliphatic heterocycles. The van der Waals surface area contributed by atoms with Crippen LogP contribution in [0.3, 0.4) is 0 Å². The first-order valence-electron chi connectivity index (χ1n) is 8.26. The van der Waals surface area contributed by atoms with Crippen molar-refractivity contribution in [3.05, 3.63) is 59.2 Å². The normalized spacial score (nSPS) is 10.3. The number of aromatic carboxylic acids is 1. The van der Waals surface area contributed by atoms with Crippen molar-refractivity contribution in [3.63, 3.8) is 0 Å². The molecule has 0 aliphatic rings. The first-order valence-corrected chi connectivity index (χ1v) is 8.26. The number of carbonyl (C=O) groups excluding carboxylic acids is 2. The number of rotatable bonds is 9. The number of hydrogen-bond acceptors (Lipinski definition) is 5. The molecule has 2 aromatic carbocycles. The molecule has 0 spiro atoms. The summed E-state index contributed by atoms with van der Waals surface area (Å²) in [6.07, 6.45) is 0.0312. The lowest BCUT2D eigenvalue weighted by Gasteiger charge is -2.09. The fraction of sp³-hybridized carbons (Fsp3) is 0.250. The standard InChI is InChI=1S/C20H21NO6/c1-26-12-13-9-15(20(24)25)11-16(10-13)21-19(23)8-7-18(22)14-3-5-17(27-2)6-4-14/h3-6,9-11H,7-8,12H2,1-2H3,(H,21,23)(H,24,25). The molecule has 7 nitrogen and oxygen atoms in total. The lowest BCUT2D eigenvalue weighted by molar-refractivity contribution is -0.116. The van der Waals surface area contributed by atoms with Crippen molar-refractivity contribution in [2.24, 2.45) is 0 Å². The lowest BCUT2D eigenvalue weighted by Crippen LogP contribution is -2.14. The maximum absolute atomic E-state index is 12.2. The predicted molar refractivity (Wildman–Crippen MR) is 99.3 cm³/mol. The van der Waals surface area contributed by atoms with Gasteiger partial charge in [0.05, 0.1) is 19.3 Å². The van der Waals surface area contributed by atoms with Crippen LogP contribution in [0.4, 0.5) is 5.69 Å². The molecule has 0 saturated heterocycles. The molecule has 0 radical (unpaired) electrons. The molecule has 0 aliphatic carbocycles. The second kappa shape index (κ2) is 9.49. The highest BCUT2D eigenvalue weighted by Crippen LogP contribution is 2.17. The topological polar surface area (TPSA) is 102 Å². The van der Waals surface area contributed by atoms with Crippen LogP contribution in [0.15, 0.2) is 42.5 Å². The Morgan fingerprint density at radius 2 is 1.67 bits per heavy atom. The van der Waals surface area contributed by atoms with Crippen LogP contribution in [-0.2, 0) is 16.1 Å². The summed E-state index contributed by atoms with van der Waals surface area (Å²) < 4.78 is 10.0. The maximum Gasteiger partial charge on any atom is 0.335 e. The van der Waals surface area contributed by atoms with Crippen molar-refractivity contribution < 1.29 is 29.0 Å². The Labute approximate surface area is 156 Å². The zero-order valence-corrected chi connectivity index (χ0v) is 15.2. The molecule has 0 heterocycles. The molecule has 1 amide bonds. The number of methoxy groups -OCH3 is 2. The van der Waals surface area contributed by atoms with E-state index in [0.29, 0.717) is 22.6 Å². The summed E-state index contributed by atoms with van der Waals surface area (Å²) in [4.78, 5) is 35.5. The van der Waals surface area contributed by atoms with Crippen molar-refractivity contribution in [2.75, 3.05) is 19.5 Å². The number of carboxylic acids is 1. The van der Waals surface area contributed by atoms with Gasteiger partial charge in [-0.25, -0.2) is 4.79 Å². The molecular weight excluding hydrogens is 350 g/mol. The molecule has 2 aromatic rings. The molecule has 0 aromatic heterocycles. The van der Waals surface area contributed by atoms with E-state index in [1.165, 1.54) is 19.2 Å². The van der Waals surface area contributed by atoms with E-state index in [9.17, 15) is 14.4 Å². The summed E-state index contributed by atoms with van der Waals surface area (Å²) >= 11 is 0. The Balaban J connectivity index is 1.98. The van der Waals surface area contributed by atoms with Gasteiger partial charge in [0.15, 0.2) is 5.78 Å². The van der Waals surface area contributed by atoms with Crippen LogP contribution in [0.2, 0.25) is 0 Å². The number of amides is 1. The monoisotopic (exact) mass is 371 g/mol. The quantitative estimate of drug-likeness (QED) is 0.657. The minimum Gasteiger partial charge on any atom is -0.497 e. The number of hydrogen-bond donors (Lipinski definition) is 2. The van der Waals surface area contributed by atoms with Gasteiger partial charge in [-0.15, -0.1) is 0 Å². The number of ketones is 1. The maximum atomic E-state index is 12.2. The smallest absolute Gasteiger partial charge is 0.335 e. The molecule has 0 atom stereocenters. The fourth-order valence-corrected chi connectivity index (χ4v) is 2.51. The van der Waals surface area contributed by atoms with Gasteiger partial charge in [0, 0.05) is 31.2 Å². The van der Waals surface area contributed by atoms with Gasteiger partial charge in [-0.2, -0.15) is 0 Å². The second-order valence-electron chi connectivity index (χ2n) is 5.86. The predicted octanol–water partition coefficient (Wildman–Crippen LogP) is 3.14. The molecule has 2 rings (SSSR count). The van der Waals surface area contributed by atoms with Gasteiger partial charge in [-0.1, -0.05) is 0 Å². The molecule has 27 heavy (non-hydrogen) atoms. The highest BCUT2D eigenvalue weighted by Gasteiger charge is 2.12. The molecular formula is C20H21NO6. The molecule has 142 valence electrons. The Morgan fingerprint density at radius 1 is 0.963 bits per heavy atom. The molecule has 7 heteroatoms. The van der Waals surface area contributed by atoms with Crippen LogP contribution < -0.4 is 10.1 Å². The zero-order chi connectivity index (χ0) is 19.8. The Bertz CT molecular complexity index is 829. The third-order valence-corrected chi connectivity index (χ3v) is 3.83. The van der Waals surface area contributed by atoms with Gasteiger partial charge in [0.2, 0.25) is 5.91 Å². The van der Waals surface area contributed by atoms with Crippen molar-refractivity contribution >= 4 is 23.3 Å². The van der Waals surface area contributed by atoms with Crippen LogP contribution >= 0.6 is 0 Å². The number of anilines is 1. The fourth-order valence-electron chi connectivity index (χ4n) is 2.51. The molecule has 0 bridgehead atoms. The largest absolute Gasteiger partial charge is 0.497 e. The second-order valence-corrected chi connectivity index (χ2v) is 5.86. The van der Waals surface area contributed by atoms with Gasteiger partial charge in [-0.05, 0) is 48.0 Å². The van der Waals surface area contributed by atoms with E-state index in [2.05, 4.69) is 5.32 Å². The van der Waals surface area contributed by atoms with Crippen molar-refractivity contribution in [1.29, 1.82) is 0 Å². The van der Waals surface area contributed by atoms with Crippen molar-refractivity contribution in [3.8, 4) is 5.75 Å². The van der Waals surface area contributed by atoms with Crippen molar-refractivity contribution in [2.45, 2.75) is 19.4 Å². The number of carbonyl (C=O) groups is 3. The molecule has 0 saturated carbocycles. The van der Waals surface area contributed by atoms with Crippen LogP contribution in [0.25, 0.3) is 0 Å². The summed E-state index contributed by atoms with van der Waals surface area (Å²) in [7, 11) is 3.04. The van der Waals surface area contributed by atoms with Crippen LogP contribution in [0, 0.1) is 0 Å². The van der Waals surface area contributed by atoms with Gasteiger partial charge < -0.3 is 19.9 Å². The molecule has 0 fully saturated rings. The average Bonchev–Trinajstić information content (AvgIpc) is 2.66. The Kier molecular flexibility index (Phi) is 7.08. The summed E-state index contributed by atoms with van der Waals surface area (Å²) in [5.74, 6) is -0.984. The van der Waals surface area contributed by atoms with Gasteiger partial charge in [0.1, 0.15) is 5.75 Å². The van der Waals surface area contributed by atoms with E-state index in [1.54, 1.807) is 37.4 Å². The highest BCUT2D eigenvalue weighted by atomic mass is 16.5. The SMILES string of the molecule is COCc1cc(NC(=O)CCC(=O)c2ccc(OC)cc2)cc(C(=O)O)c1. The first kappa shape index (κ1) is 20.1. The van der Waals surface area contributed by atoms with Gasteiger partial charge in [-0.3, -0.25) is 9.59 Å². The lowest BCUT2D eigenvalue weighted by atomic mass is 10.1. The van der Waals surface area contributed by atoms with Gasteiger partial charge in [0.25, 0.3) is 0 Å². The zero-order valence-electron chi connectivity index (χ0n) is 15.2. The average molecular weight is 371 g/mol. The summed E-state index contributed by atoms with van der Waals surface area (Å²) in [5, 5.41) is 11.8. The Morgan fingerprint density at radius 3 is 2.26 bits per heavy atom. The third kappa shape index (κ3) is 5.93. The van der Waals surface area contributed by atoms with E-state index < -0.39 is 5.97 Å². The first-order chi connectivity index (χ1) is 12.9. The number of Topliss-reactive ketones (excluding diaryl/α,β-unsaturated/α-hetero) is 1. The number of carboxylic acid groups (broad SMARTS) is 1. The number of benzene rings is 2. The van der Waals surface area contributed by atoms with E-state index in [1.807, 2.05) is 0 Å². The van der Waals surface area contributed by atoms with Gasteiger partial charge >= 0.3 is 5.97 Å². The summed E-state index contributed by atoms with van der Waals surface area (Å²) in [6.45, 7) is 0.222. The van der Waals surface area contributed by atoms with E-state index in [4.69, 9.17) is 14.6 Å². The van der Waals surface area contributed by atoms with E-state index in [0.717, 1.165) is 0 Å². The van der Waals surface area contributed by atoms with Crippen LogP contribution in [0.1, 0.15) is 39.1 Å². The number of nitrogens with one attached hydrogen (secondary N) is 1. The van der Waals surface area contributed by atoms with Crippen LogP contribution in [-0.4, -0.2) is 37.0 Å². The number of ether oxygens (including phenoxy) is 2. The third-order valence-electron chi connectivity index (χ3n) is 3.83. The van der Waals surface area contributed by atoms with Crippen LogP contribution in [0.5, 0.6) is 5.75 Å². The minimum atomic E-state index is -1.10. The summed E-state index contributed by atoms with van der Waals surface area (Å²) in [5.41, 5.74) is 1.53. The summed E-state index contributed by atoms with van der Waals surface area (Å²) in [6, 6.07) is 11.1. The van der Waals surface area contributed by atoms with E-state index >= 15 is 0 Å². The van der Waals surface area contributed by atoms with Crippen molar-refractivity contribution in [1.82, 2.24) is 0 Å². The molecule has 2 N–H and O–H groups in total. The highest BCUT2D eigenvalue weighted by molar-refractivity contribution is 6.00. The molecule has 0 unspecified atom stereocenters. The van der Waals surface area contributed by atoms with E-state index in [-0.39, 0.29) is 36.7 Å². The minimum absolute atomic E-state index is 0.0121. The Hall–Kier alpha value is -3.19.